The van der Waals surface area contributed by atoms with Crippen LogP contribution in [0.2, 0.25) is 0 Å². The van der Waals surface area contributed by atoms with Gasteiger partial charge in [0.05, 0.1) is 23.9 Å². The topological polar surface area (TPSA) is 81.0 Å². The fourth-order valence-electron chi connectivity index (χ4n) is 5.95. The van der Waals surface area contributed by atoms with Crippen LogP contribution in [-0.4, -0.2) is 68.3 Å². The van der Waals surface area contributed by atoms with Crippen molar-refractivity contribution in [2.75, 3.05) is 33.1 Å². The molecule has 212 valence electrons. The van der Waals surface area contributed by atoms with Crippen molar-refractivity contribution in [1.82, 2.24) is 9.47 Å². The largest absolute Gasteiger partial charge is 0.384 e. The Morgan fingerprint density at radius 2 is 1.76 bits per heavy atom. The molecule has 1 amide bonds. The number of amides is 1. The van der Waals surface area contributed by atoms with Gasteiger partial charge in [0.25, 0.3) is 5.91 Å². The molecule has 41 heavy (non-hydrogen) atoms. The molecule has 2 aliphatic rings. The van der Waals surface area contributed by atoms with E-state index in [1.807, 2.05) is 18.3 Å². The molecule has 0 unspecified atom stereocenters. The maximum atomic E-state index is 14.0. The molecule has 0 bridgehead atoms. The minimum atomic E-state index is -3.17. The second-order valence-corrected chi connectivity index (χ2v) is 14.0. The highest BCUT2D eigenvalue weighted by molar-refractivity contribution is 7.91. The Hall–Kier alpha value is -3.82. The van der Waals surface area contributed by atoms with Gasteiger partial charge >= 0.3 is 0 Å². The zero-order chi connectivity index (χ0) is 29.1. The summed E-state index contributed by atoms with van der Waals surface area (Å²) in [4.78, 5) is 19.1. The van der Waals surface area contributed by atoms with Crippen molar-refractivity contribution >= 4 is 32.9 Å². The number of sulfone groups is 1. The summed E-state index contributed by atoms with van der Waals surface area (Å²) in [5.74, 6) is -0.485. The first kappa shape index (κ1) is 27.4. The van der Waals surface area contributed by atoms with Crippen molar-refractivity contribution < 1.29 is 22.3 Å². The van der Waals surface area contributed by atoms with E-state index in [9.17, 15) is 17.6 Å². The van der Waals surface area contributed by atoms with E-state index in [1.54, 1.807) is 36.3 Å². The van der Waals surface area contributed by atoms with Gasteiger partial charge in [-0.05, 0) is 65.2 Å². The van der Waals surface area contributed by atoms with Crippen molar-refractivity contribution in [3.05, 3.63) is 88.9 Å². The number of hydrogen-bond donors (Lipinski definition) is 0. The maximum absolute atomic E-state index is 14.0. The normalized spacial score (nSPS) is 15.4. The summed E-state index contributed by atoms with van der Waals surface area (Å²) in [6, 6.07) is 18.3. The number of rotatable bonds is 7. The number of ether oxygens (including phenoxy) is 1. The Bertz CT molecular complexity index is 1800. The molecule has 0 radical (unpaired) electrons. The minimum Gasteiger partial charge on any atom is -0.384 e. The number of aromatic nitrogens is 1. The van der Waals surface area contributed by atoms with Crippen molar-refractivity contribution in [3.8, 4) is 16.8 Å². The Labute approximate surface area is 239 Å². The van der Waals surface area contributed by atoms with Crippen LogP contribution in [0.1, 0.15) is 41.0 Å². The Morgan fingerprint density at radius 3 is 2.39 bits per heavy atom. The standard InChI is InChI=1S/C32H32FN3O4S/c1-32(2,19-40-3)30-29(20-5-7-21(8-6-20)31(37)35-17-26(18-35)41(4,38)39)27-13-22-15-34-16-23(22)14-28(27)36(30)25-11-9-24(33)10-12-25/h5-14,16,26H,15,17-19H2,1-4H3. The predicted octanol–water partition coefficient (Wildman–Crippen LogP) is 5.16. The summed E-state index contributed by atoms with van der Waals surface area (Å²) < 4.78 is 45.4. The number of carbonyl (C=O) groups is 1. The maximum Gasteiger partial charge on any atom is 0.253 e. The van der Waals surface area contributed by atoms with Crippen LogP contribution in [0.15, 0.2) is 65.7 Å². The molecule has 1 saturated heterocycles. The zero-order valence-electron chi connectivity index (χ0n) is 23.5. The molecule has 0 spiro atoms. The van der Waals surface area contributed by atoms with Crippen LogP contribution in [0.3, 0.4) is 0 Å². The first-order chi connectivity index (χ1) is 19.5. The number of methoxy groups -OCH3 is 1. The molecule has 4 aromatic rings. The molecule has 0 atom stereocenters. The number of nitrogens with zero attached hydrogens (tertiary/aromatic N) is 3. The number of fused-ring (bicyclic) bond motifs is 2. The van der Waals surface area contributed by atoms with Gasteiger partial charge in [0.15, 0.2) is 9.84 Å². The third-order valence-corrected chi connectivity index (χ3v) is 9.62. The van der Waals surface area contributed by atoms with Crippen LogP contribution < -0.4 is 0 Å². The molecule has 0 aliphatic carbocycles. The van der Waals surface area contributed by atoms with E-state index < -0.39 is 20.5 Å². The number of aliphatic imine (C=N–C) groups is 1. The van der Waals surface area contributed by atoms with Crippen molar-refractivity contribution in [1.29, 1.82) is 0 Å². The smallest absolute Gasteiger partial charge is 0.253 e. The van der Waals surface area contributed by atoms with E-state index in [0.717, 1.165) is 44.5 Å². The van der Waals surface area contributed by atoms with E-state index in [-0.39, 0.29) is 24.8 Å². The lowest BCUT2D eigenvalue weighted by atomic mass is 9.84. The Morgan fingerprint density at radius 1 is 1.07 bits per heavy atom. The highest BCUT2D eigenvalue weighted by Gasteiger charge is 2.38. The molecule has 0 saturated carbocycles. The van der Waals surface area contributed by atoms with Gasteiger partial charge in [0.2, 0.25) is 0 Å². The van der Waals surface area contributed by atoms with Gasteiger partial charge in [0, 0.05) is 66.0 Å². The number of likely N-dealkylation sites (tertiary alicyclic amines) is 1. The fraction of sp³-hybridized carbons (Fsp3) is 0.312. The number of benzene rings is 3. The molecule has 2 aliphatic heterocycles. The first-order valence-electron chi connectivity index (χ1n) is 13.5. The Kier molecular flexibility index (Phi) is 6.62. The molecule has 6 rings (SSSR count). The minimum absolute atomic E-state index is 0.180. The van der Waals surface area contributed by atoms with E-state index in [4.69, 9.17) is 4.74 Å². The van der Waals surface area contributed by atoms with Gasteiger partial charge in [-0.25, -0.2) is 12.8 Å². The van der Waals surface area contributed by atoms with Crippen LogP contribution in [0, 0.1) is 5.82 Å². The first-order valence-corrected chi connectivity index (χ1v) is 15.5. The van der Waals surface area contributed by atoms with Crippen LogP contribution in [-0.2, 0) is 26.5 Å². The average Bonchev–Trinajstić information content (AvgIpc) is 3.48. The van der Waals surface area contributed by atoms with Gasteiger partial charge in [-0.2, -0.15) is 0 Å². The van der Waals surface area contributed by atoms with Crippen LogP contribution in [0.5, 0.6) is 0 Å². The van der Waals surface area contributed by atoms with E-state index in [2.05, 4.69) is 35.5 Å². The lowest BCUT2D eigenvalue weighted by molar-refractivity contribution is 0.0659. The third kappa shape index (κ3) is 4.77. The van der Waals surface area contributed by atoms with Gasteiger partial charge in [-0.15, -0.1) is 0 Å². The zero-order valence-corrected chi connectivity index (χ0v) is 24.3. The summed E-state index contributed by atoms with van der Waals surface area (Å²) in [7, 11) is -1.48. The highest BCUT2D eigenvalue weighted by atomic mass is 32.2. The second-order valence-electron chi connectivity index (χ2n) is 11.6. The summed E-state index contributed by atoms with van der Waals surface area (Å²) in [6.45, 7) is 5.75. The third-order valence-electron chi connectivity index (χ3n) is 8.11. The fourth-order valence-corrected chi connectivity index (χ4v) is 6.85. The lowest BCUT2D eigenvalue weighted by Crippen LogP contribution is -2.56. The molecular formula is C32H32FN3O4S. The van der Waals surface area contributed by atoms with E-state index >= 15 is 0 Å². The van der Waals surface area contributed by atoms with Crippen molar-refractivity contribution in [2.24, 2.45) is 4.99 Å². The summed E-state index contributed by atoms with van der Waals surface area (Å²) in [5.41, 5.74) is 7.04. The van der Waals surface area contributed by atoms with Crippen molar-refractivity contribution in [2.45, 2.75) is 31.1 Å². The number of halogens is 1. The van der Waals surface area contributed by atoms with E-state index in [1.165, 1.54) is 18.4 Å². The lowest BCUT2D eigenvalue weighted by Gasteiger charge is -2.38. The van der Waals surface area contributed by atoms with Crippen LogP contribution >= 0.6 is 0 Å². The van der Waals surface area contributed by atoms with Gasteiger partial charge in [-0.1, -0.05) is 26.0 Å². The second kappa shape index (κ2) is 9.92. The van der Waals surface area contributed by atoms with Gasteiger partial charge < -0.3 is 14.2 Å². The molecular weight excluding hydrogens is 541 g/mol. The molecule has 0 N–H and O–H groups in total. The quantitative estimate of drug-likeness (QED) is 0.306. The summed E-state index contributed by atoms with van der Waals surface area (Å²) >= 11 is 0. The number of carbonyl (C=O) groups excluding carboxylic acids is 1. The highest BCUT2D eigenvalue weighted by Crippen LogP contribution is 2.44. The number of hydrogen-bond acceptors (Lipinski definition) is 5. The predicted molar refractivity (Wildman–Crippen MR) is 159 cm³/mol. The van der Waals surface area contributed by atoms with Gasteiger partial charge in [-0.3, -0.25) is 9.79 Å². The molecule has 9 heteroatoms. The monoisotopic (exact) mass is 573 g/mol. The SMILES string of the molecule is COCC(C)(C)c1c(-c2ccc(C(=O)N3CC(S(C)(=O)=O)C3)cc2)c2cc3c(cc2n1-c1ccc(F)cc1)C=NC3. The van der Waals surface area contributed by atoms with E-state index in [0.29, 0.717) is 18.7 Å². The average molecular weight is 574 g/mol. The molecule has 1 aromatic heterocycles. The molecule has 3 heterocycles. The molecule has 7 nitrogen and oxygen atoms in total. The van der Waals surface area contributed by atoms with Crippen molar-refractivity contribution in [3.63, 3.8) is 0 Å². The van der Waals surface area contributed by atoms with Gasteiger partial charge in [0.1, 0.15) is 5.82 Å². The summed E-state index contributed by atoms with van der Waals surface area (Å²) in [5, 5.41) is 0.537. The summed E-state index contributed by atoms with van der Waals surface area (Å²) in [6.07, 6.45) is 3.10. The molecule has 3 aromatic carbocycles. The van der Waals surface area contributed by atoms with Crippen LogP contribution in [0.4, 0.5) is 4.39 Å². The molecule has 1 fully saturated rings. The Balaban J connectivity index is 1.51. The van der Waals surface area contributed by atoms with Crippen LogP contribution in [0.25, 0.3) is 27.7 Å².